The van der Waals surface area contributed by atoms with Gasteiger partial charge in [0.2, 0.25) is 5.92 Å². The predicted octanol–water partition coefficient (Wildman–Crippen LogP) is 5.69. The van der Waals surface area contributed by atoms with E-state index in [-0.39, 0.29) is 17.6 Å². The maximum absolute atomic E-state index is 12.7. The molecule has 0 aromatic carbocycles. The van der Waals surface area contributed by atoms with Gasteiger partial charge in [0.1, 0.15) is 10.9 Å². The minimum absolute atomic E-state index is 0.0564. The maximum Gasteiger partial charge on any atom is 0.319 e. The number of unbranched alkanes of at least 4 members (excludes halogenated alkanes) is 2. The number of rotatable bonds is 10. The van der Waals surface area contributed by atoms with Crippen LogP contribution < -0.4 is 0 Å². The molecule has 2 nitrogen and oxygen atoms in total. The van der Waals surface area contributed by atoms with Gasteiger partial charge in [-0.15, -0.1) is 11.8 Å². The molecule has 0 aliphatic carbocycles. The molecule has 0 saturated heterocycles. The topological polar surface area (TPSA) is 26.3 Å². The van der Waals surface area contributed by atoms with Crippen LogP contribution in [0.1, 0.15) is 73.6 Å². The molecule has 22 heavy (non-hydrogen) atoms. The van der Waals surface area contributed by atoms with Gasteiger partial charge in [-0.1, -0.05) is 20.3 Å². The number of carbonyl (C=O) groups is 1. The van der Waals surface area contributed by atoms with Crippen LogP contribution in [0.4, 0.5) is 8.78 Å². The number of halogens is 2. The number of carbonyl (C=O) groups excluding carboxylic acids is 1. The van der Waals surface area contributed by atoms with Crippen molar-refractivity contribution in [1.29, 1.82) is 0 Å². The Morgan fingerprint density at radius 1 is 1.09 bits per heavy atom. The average molecular weight is 339 g/mol. The van der Waals surface area contributed by atoms with E-state index in [9.17, 15) is 13.6 Å². The molecule has 0 saturated carbocycles. The first-order valence-electron chi connectivity index (χ1n) is 8.13. The Morgan fingerprint density at radius 3 is 2.14 bits per heavy atom. The first-order chi connectivity index (χ1) is 9.91. The Balaban J connectivity index is 4.13. The molecule has 0 aromatic heterocycles. The SMILES string of the molecule is CC(C)CC(SCCCCCC(C)(F)F)C(=O)OC(C)(C)C. The van der Waals surface area contributed by atoms with Gasteiger partial charge in [-0.2, -0.15) is 0 Å². The lowest BCUT2D eigenvalue weighted by atomic mass is 10.1. The molecular formula is C17H32F2O2S. The molecule has 0 heterocycles. The van der Waals surface area contributed by atoms with E-state index in [2.05, 4.69) is 13.8 Å². The van der Waals surface area contributed by atoms with Crippen molar-refractivity contribution in [3.8, 4) is 0 Å². The summed E-state index contributed by atoms with van der Waals surface area (Å²) in [5.74, 6) is -1.49. The third-order valence-electron chi connectivity index (χ3n) is 2.93. The number of alkyl halides is 2. The van der Waals surface area contributed by atoms with Gasteiger partial charge >= 0.3 is 5.97 Å². The number of thioether (sulfide) groups is 1. The summed E-state index contributed by atoms with van der Waals surface area (Å²) in [5, 5.41) is -0.160. The second-order valence-electron chi connectivity index (χ2n) is 7.40. The normalized spacial score (nSPS) is 14.2. The third-order valence-corrected chi connectivity index (χ3v) is 4.25. The summed E-state index contributed by atoms with van der Waals surface area (Å²) < 4.78 is 30.9. The zero-order valence-electron chi connectivity index (χ0n) is 14.9. The van der Waals surface area contributed by atoms with Crippen molar-refractivity contribution < 1.29 is 18.3 Å². The van der Waals surface area contributed by atoms with Crippen LogP contribution in [0.2, 0.25) is 0 Å². The van der Waals surface area contributed by atoms with Crippen molar-refractivity contribution in [2.75, 3.05) is 5.75 Å². The van der Waals surface area contributed by atoms with Crippen molar-refractivity contribution in [3.05, 3.63) is 0 Å². The van der Waals surface area contributed by atoms with Gasteiger partial charge in [0.05, 0.1) is 0 Å². The fourth-order valence-electron chi connectivity index (χ4n) is 1.97. The molecule has 0 amide bonds. The molecule has 0 aliphatic heterocycles. The fraction of sp³-hybridized carbons (Fsp3) is 0.941. The molecule has 0 aliphatic rings. The molecule has 132 valence electrons. The van der Waals surface area contributed by atoms with E-state index < -0.39 is 11.5 Å². The molecule has 0 aromatic rings. The van der Waals surface area contributed by atoms with Crippen molar-refractivity contribution >= 4 is 17.7 Å². The molecule has 1 atom stereocenters. The first kappa shape index (κ1) is 21.7. The third kappa shape index (κ3) is 13.4. The maximum atomic E-state index is 12.7. The van der Waals surface area contributed by atoms with E-state index in [1.54, 1.807) is 11.8 Å². The van der Waals surface area contributed by atoms with Crippen molar-refractivity contribution in [2.24, 2.45) is 5.92 Å². The highest BCUT2D eigenvalue weighted by Crippen LogP contribution is 2.25. The van der Waals surface area contributed by atoms with E-state index in [0.717, 1.165) is 31.9 Å². The number of esters is 1. The summed E-state index contributed by atoms with van der Waals surface area (Å²) in [5.41, 5.74) is -0.473. The zero-order chi connectivity index (χ0) is 17.4. The zero-order valence-corrected chi connectivity index (χ0v) is 15.7. The average Bonchev–Trinajstić information content (AvgIpc) is 2.27. The van der Waals surface area contributed by atoms with E-state index in [4.69, 9.17) is 4.74 Å². The second kappa shape index (κ2) is 9.74. The summed E-state index contributed by atoms with van der Waals surface area (Å²) in [6, 6.07) is 0. The van der Waals surface area contributed by atoms with Crippen LogP contribution in [0.15, 0.2) is 0 Å². The van der Waals surface area contributed by atoms with E-state index >= 15 is 0 Å². The monoisotopic (exact) mass is 338 g/mol. The summed E-state index contributed by atoms with van der Waals surface area (Å²) in [6.07, 6.45) is 2.90. The highest BCUT2D eigenvalue weighted by Gasteiger charge is 2.26. The Hall–Kier alpha value is -0.320. The summed E-state index contributed by atoms with van der Waals surface area (Å²) in [7, 11) is 0. The van der Waals surface area contributed by atoms with E-state index in [0.29, 0.717) is 12.3 Å². The second-order valence-corrected chi connectivity index (χ2v) is 8.71. The number of ether oxygens (including phenoxy) is 1. The van der Waals surface area contributed by atoms with Crippen molar-refractivity contribution in [2.45, 2.75) is 90.4 Å². The van der Waals surface area contributed by atoms with Gasteiger partial charge in [-0.25, -0.2) is 8.78 Å². The summed E-state index contributed by atoms with van der Waals surface area (Å²) >= 11 is 1.59. The largest absolute Gasteiger partial charge is 0.459 e. The van der Waals surface area contributed by atoms with E-state index in [1.165, 1.54) is 0 Å². The molecule has 5 heteroatoms. The Labute approximate surface area is 138 Å². The molecule has 0 radical (unpaired) electrons. The lowest BCUT2D eigenvalue weighted by Gasteiger charge is -2.24. The molecule has 0 N–H and O–H groups in total. The van der Waals surface area contributed by atoms with Gasteiger partial charge in [-0.05, 0) is 58.6 Å². The number of hydrogen-bond acceptors (Lipinski definition) is 3. The first-order valence-corrected chi connectivity index (χ1v) is 9.18. The lowest BCUT2D eigenvalue weighted by Crippen LogP contribution is -2.31. The smallest absolute Gasteiger partial charge is 0.319 e. The number of hydrogen-bond donors (Lipinski definition) is 0. The fourth-order valence-corrected chi connectivity index (χ4v) is 3.33. The quantitative estimate of drug-likeness (QED) is 0.378. The lowest BCUT2D eigenvalue weighted by molar-refractivity contribution is -0.154. The minimum Gasteiger partial charge on any atom is -0.459 e. The van der Waals surface area contributed by atoms with Gasteiger partial charge in [0.25, 0.3) is 0 Å². The molecular weight excluding hydrogens is 306 g/mol. The molecule has 0 fully saturated rings. The predicted molar refractivity (Wildman–Crippen MR) is 90.6 cm³/mol. The highest BCUT2D eigenvalue weighted by atomic mass is 32.2. The van der Waals surface area contributed by atoms with Crippen molar-refractivity contribution in [1.82, 2.24) is 0 Å². The van der Waals surface area contributed by atoms with Crippen LogP contribution in [-0.2, 0) is 9.53 Å². The van der Waals surface area contributed by atoms with Crippen molar-refractivity contribution in [3.63, 3.8) is 0 Å². The van der Waals surface area contributed by atoms with Gasteiger partial charge in [0.15, 0.2) is 0 Å². The molecule has 0 rings (SSSR count). The van der Waals surface area contributed by atoms with Crippen LogP contribution in [0, 0.1) is 5.92 Å². The Kier molecular flexibility index (Phi) is 9.60. The minimum atomic E-state index is -2.57. The Bertz CT molecular complexity index is 320. The molecule has 0 spiro atoms. The van der Waals surface area contributed by atoms with Gasteiger partial charge < -0.3 is 4.74 Å². The molecule has 0 bridgehead atoms. The van der Waals surface area contributed by atoms with Crippen LogP contribution in [0.25, 0.3) is 0 Å². The van der Waals surface area contributed by atoms with E-state index in [1.807, 2.05) is 20.8 Å². The van der Waals surface area contributed by atoms with Crippen LogP contribution in [0.5, 0.6) is 0 Å². The standard InChI is InChI=1S/C17H32F2O2S/c1-13(2)12-14(15(20)21-16(3,4)5)22-11-9-7-8-10-17(6,18)19/h13-14H,7-12H2,1-6H3. The summed E-state index contributed by atoms with van der Waals surface area (Å²) in [6.45, 7) is 10.7. The Morgan fingerprint density at radius 2 is 1.68 bits per heavy atom. The molecule has 1 unspecified atom stereocenters. The van der Waals surface area contributed by atoms with Gasteiger partial charge in [-0.3, -0.25) is 4.79 Å². The highest BCUT2D eigenvalue weighted by molar-refractivity contribution is 8.00. The van der Waals surface area contributed by atoms with Gasteiger partial charge in [0, 0.05) is 6.42 Å². The summed E-state index contributed by atoms with van der Waals surface area (Å²) in [4.78, 5) is 12.2. The van der Waals surface area contributed by atoms with Crippen LogP contribution >= 0.6 is 11.8 Å². The van der Waals surface area contributed by atoms with Crippen LogP contribution in [0.3, 0.4) is 0 Å². The van der Waals surface area contributed by atoms with Crippen LogP contribution in [-0.4, -0.2) is 28.5 Å².